The average Bonchev–Trinajstić information content (AvgIpc) is 2.22. The van der Waals surface area contributed by atoms with Gasteiger partial charge in [0.2, 0.25) is 0 Å². The van der Waals surface area contributed by atoms with Crippen LogP contribution in [0.25, 0.3) is 0 Å². The third kappa shape index (κ3) is 5.11. The highest BCUT2D eigenvalue weighted by atomic mass is 16.5. The van der Waals surface area contributed by atoms with Crippen LogP contribution in [0.15, 0.2) is 0 Å². The molecule has 90 valence electrons. The molecule has 5 nitrogen and oxygen atoms in total. The normalized spacial score (nSPS) is 15.3. The van der Waals surface area contributed by atoms with Crippen LogP contribution in [0.1, 0.15) is 13.3 Å². The van der Waals surface area contributed by atoms with E-state index >= 15 is 0 Å². The van der Waals surface area contributed by atoms with Crippen molar-refractivity contribution in [2.24, 2.45) is 0 Å². The topological polar surface area (TPSA) is 61.8 Å². The molecule has 0 rings (SSSR count). The first kappa shape index (κ1) is 14.3. The van der Waals surface area contributed by atoms with Gasteiger partial charge in [-0.2, -0.15) is 0 Å². The summed E-state index contributed by atoms with van der Waals surface area (Å²) in [5, 5.41) is 11.8. The van der Waals surface area contributed by atoms with Crippen LogP contribution in [0.2, 0.25) is 0 Å². The zero-order valence-corrected chi connectivity index (χ0v) is 10.0. The molecule has 15 heavy (non-hydrogen) atoms. The molecule has 0 amide bonds. The van der Waals surface area contributed by atoms with E-state index in [4.69, 9.17) is 9.84 Å². The zero-order valence-electron chi connectivity index (χ0n) is 10.0. The van der Waals surface area contributed by atoms with Crippen LogP contribution < -0.4 is 5.32 Å². The smallest absolute Gasteiger partial charge is 0.323 e. The summed E-state index contributed by atoms with van der Waals surface area (Å²) >= 11 is 0. The summed E-state index contributed by atoms with van der Waals surface area (Å²) in [7, 11) is 5.28. The Morgan fingerprint density at radius 2 is 2.13 bits per heavy atom. The van der Waals surface area contributed by atoms with E-state index < -0.39 is 11.5 Å². The van der Waals surface area contributed by atoms with E-state index in [1.165, 1.54) is 0 Å². The van der Waals surface area contributed by atoms with Crippen molar-refractivity contribution < 1.29 is 14.6 Å². The van der Waals surface area contributed by atoms with Gasteiger partial charge in [0.1, 0.15) is 5.54 Å². The highest BCUT2D eigenvalue weighted by Gasteiger charge is 2.30. The molecule has 1 unspecified atom stereocenters. The summed E-state index contributed by atoms with van der Waals surface area (Å²) in [6.07, 6.45) is 0.568. The van der Waals surface area contributed by atoms with Crippen molar-refractivity contribution >= 4 is 5.97 Å². The predicted molar refractivity (Wildman–Crippen MR) is 59.1 cm³/mol. The molecule has 0 aliphatic heterocycles. The van der Waals surface area contributed by atoms with E-state index in [0.29, 0.717) is 13.0 Å². The van der Waals surface area contributed by atoms with Crippen molar-refractivity contribution in [2.75, 3.05) is 40.9 Å². The molecule has 0 spiro atoms. The fourth-order valence-corrected chi connectivity index (χ4v) is 1.11. The molecule has 0 heterocycles. The van der Waals surface area contributed by atoms with E-state index in [1.54, 1.807) is 21.1 Å². The SMILES string of the molecule is CNC(C)(CCN(C)CCOC)C(=O)O. The Bertz CT molecular complexity index is 199. The lowest BCUT2D eigenvalue weighted by molar-refractivity contribution is -0.144. The lowest BCUT2D eigenvalue weighted by Crippen LogP contribution is -2.49. The number of likely N-dealkylation sites (N-methyl/N-ethyl adjacent to an activating group) is 2. The Morgan fingerprint density at radius 1 is 1.53 bits per heavy atom. The molecule has 0 fully saturated rings. The van der Waals surface area contributed by atoms with Crippen LogP contribution in [0.3, 0.4) is 0 Å². The fourth-order valence-electron chi connectivity index (χ4n) is 1.11. The predicted octanol–water partition coefficient (Wildman–Crippen LogP) is 0.0174. The summed E-state index contributed by atoms with van der Waals surface area (Å²) in [4.78, 5) is 13.0. The number of nitrogens with zero attached hydrogens (tertiary/aromatic N) is 1. The summed E-state index contributed by atoms with van der Waals surface area (Å²) in [6, 6.07) is 0. The molecule has 0 radical (unpaired) electrons. The van der Waals surface area contributed by atoms with Crippen LogP contribution in [-0.4, -0.2) is 62.4 Å². The maximum absolute atomic E-state index is 11.0. The first-order chi connectivity index (χ1) is 6.96. The summed E-state index contributed by atoms with van der Waals surface area (Å²) in [5.41, 5.74) is -0.846. The number of nitrogens with one attached hydrogen (secondary N) is 1. The van der Waals surface area contributed by atoms with Gasteiger partial charge in [-0.15, -0.1) is 0 Å². The number of hydrogen-bond acceptors (Lipinski definition) is 4. The van der Waals surface area contributed by atoms with Gasteiger partial charge in [0.05, 0.1) is 6.61 Å². The zero-order chi connectivity index (χ0) is 11.9. The van der Waals surface area contributed by atoms with Crippen LogP contribution in [-0.2, 0) is 9.53 Å². The first-order valence-corrected chi connectivity index (χ1v) is 5.06. The monoisotopic (exact) mass is 218 g/mol. The minimum atomic E-state index is -0.846. The van der Waals surface area contributed by atoms with E-state index in [0.717, 1.165) is 13.1 Å². The van der Waals surface area contributed by atoms with Gasteiger partial charge in [0.15, 0.2) is 0 Å². The third-order valence-corrected chi connectivity index (χ3v) is 2.69. The number of aliphatic carboxylic acids is 1. The van der Waals surface area contributed by atoms with Crippen molar-refractivity contribution in [3.8, 4) is 0 Å². The van der Waals surface area contributed by atoms with Gasteiger partial charge in [-0.1, -0.05) is 0 Å². The number of carbonyl (C=O) groups is 1. The Labute approximate surface area is 91.4 Å². The summed E-state index contributed by atoms with van der Waals surface area (Å²) in [5.74, 6) is -0.815. The maximum Gasteiger partial charge on any atom is 0.323 e. The molecule has 1 atom stereocenters. The van der Waals surface area contributed by atoms with Crippen LogP contribution in [0.4, 0.5) is 0 Å². The molecule has 0 aliphatic carbocycles. The number of ether oxygens (including phenoxy) is 1. The van der Waals surface area contributed by atoms with Crippen molar-refractivity contribution in [1.29, 1.82) is 0 Å². The Morgan fingerprint density at radius 3 is 2.53 bits per heavy atom. The minimum absolute atomic E-state index is 0.568. The quantitative estimate of drug-likeness (QED) is 0.601. The molecule has 0 aromatic carbocycles. The van der Waals surface area contributed by atoms with Crippen molar-refractivity contribution in [2.45, 2.75) is 18.9 Å². The molecule has 0 saturated carbocycles. The molecule has 5 heteroatoms. The van der Waals surface area contributed by atoms with E-state index in [9.17, 15) is 4.79 Å². The Kier molecular flexibility index (Phi) is 6.47. The van der Waals surface area contributed by atoms with E-state index in [-0.39, 0.29) is 0 Å². The minimum Gasteiger partial charge on any atom is -0.480 e. The third-order valence-electron chi connectivity index (χ3n) is 2.69. The number of rotatable bonds is 8. The standard InChI is InChI=1S/C10H22N2O3/c1-10(11-2,9(13)14)5-6-12(3)7-8-15-4/h11H,5-8H2,1-4H3,(H,13,14). The number of carboxylic acids is 1. The van der Waals surface area contributed by atoms with Gasteiger partial charge in [-0.3, -0.25) is 4.79 Å². The van der Waals surface area contributed by atoms with Crippen molar-refractivity contribution in [1.82, 2.24) is 10.2 Å². The molecule has 2 N–H and O–H groups in total. The largest absolute Gasteiger partial charge is 0.480 e. The van der Waals surface area contributed by atoms with Gasteiger partial charge in [0, 0.05) is 20.2 Å². The lowest BCUT2D eigenvalue weighted by Gasteiger charge is -2.26. The van der Waals surface area contributed by atoms with Gasteiger partial charge in [-0.05, 0) is 27.4 Å². The number of methoxy groups -OCH3 is 1. The van der Waals surface area contributed by atoms with Gasteiger partial charge in [-0.25, -0.2) is 0 Å². The lowest BCUT2D eigenvalue weighted by atomic mass is 9.98. The van der Waals surface area contributed by atoms with E-state index in [1.807, 2.05) is 7.05 Å². The number of hydrogen-bond donors (Lipinski definition) is 2. The molecule has 0 aliphatic rings. The molecule has 0 aromatic heterocycles. The first-order valence-electron chi connectivity index (χ1n) is 5.06. The Hall–Kier alpha value is -0.650. The second kappa shape index (κ2) is 6.76. The summed E-state index contributed by atoms with van der Waals surface area (Å²) in [6.45, 7) is 3.91. The number of carboxylic acid groups (broad SMARTS) is 1. The van der Waals surface area contributed by atoms with Gasteiger partial charge in [0.25, 0.3) is 0 Å². The molecular formula is C10H22N2O3. The molecule has 0 aromatic rings. The van der Waals surface area contributed by atoms with Crippen LogP contribution in [0, 0.1) is 0 Å². The van der Waals surface area contributed by atoms with Gasteiger partial charge < -0.3 is 20.1 Å². The fraction of sp³-hybridized carbons (Fsp3) is 0.900. The maximum atomic E-state index is 11.0. The summed E-state index contributed by atoms with van der Waals surface area (Å²) < 4.78 is 4.94. The highest BCUT2D eigenvalue weighted by molar-refractivity contribution is 5.78. The van der Waals surface area contributed by atoms with Gasteiger partial charge >= 0.3 is 5.97 Å². The molecule has 0 saturated heterocycles. The second-order valence-electron chi connectivity index (χ2n) is 3.93. The molecular weight excluding hydrogens is 196 g/mol. The average molecular weight is 218 g/mol. The van der Waals surface area contributed by atoms with Crippen LogP contribution >= 0.6 is 0 Å². The molecule has 0 bridgehead atoms. The van der Waals surface area contributed by atoms with E-state index in [2.05, 4.69) is 10.2 Å². The highest BCUT2D eigenvalue weighted by Crippen LogP contribution is 2.09. The second-order valence-corrected chi connectivity index (χ2v) is 3.93. The van der Waals surface area contributed by atoms with Crippen molar-refractivity contribution in [3.63, 3.8) is 0 Å². The van der Waals surface area contributed by atoms with Crippen LogP contribution in [0.5, 0.6) is 0 Å². The Balaban J connectivity index is 3.95. The van der Waals surface area contributed by atoms with Crippen molar-refractivity contribution in [3.05, 3.63) is 0 Å².